The fourth-order valence-corrected chi connectivity index (χ4v) is 4.36. The Morgan fingerprint density at radius 1 is 1.50 bits per heavy atom. The van der Waals surface area contributed by atoms with Gasteiger partial charge in [-0.15, -0.1) is 22.7 Å². The van der Waals surface area contributed by atoms with Crippen LogP contribution >= 0.6 is 38.6 Å². The van der Waals surface area contributed by atoms with E-state index in [2.05, 4.69) is 44.6 Å². The Labute approximate surface area is 135 Å². The number of halogens is 1. The van der Waals surface area contributed by atoms with E-state index in [1.807, 2.05) is 7.05 Å². The highest BCUT2D eigenvalue weighted by Gasteiger charge is 2.14. The number of nitrogens with one attached hydrogen (secondary N) is 1. The maximum absolute atomic E-state index is 5.22. The van der Waals surface area contributed by atoms with Gasteiger partial charge in [0, 0.05) is 40.3 Å². The molecule has 0 aliphatic heterocycles. The zero-order valence-electron chi connectivity index (χ0n) is 11.8. The highest BCUT2D eigenvalue weighted by molar-refractivity contribution is 9.10. The Kier molecular flexibility index (Phi) is 5.98. The summed E-state index contributed by atoms with van der Waals surface area (Å²) in [5.74, 6) is 0. The molecule has 0 aliphatic rings. The number of anilines is 1. The largest absolute Gasteiger partial charge is 0.378 e. The van der Waals surface area contributed by atoms with Gasteiger partial charge in [0.15, 0.2) is 5.13 Å². The molecule has 110 valence electrons. The molecule has 0 fully saturated rings. The third-order valence-electron chi connectivity index (χ3n) is 2.73. The van der Waals surface area contributed by atoms with Crippen molar-refractivity contribution in [2.45, 2.75) is 19.7 Å². The fraction of sp³-hybridized carbons (Fsp3) is 0.462. The summed E-state index contributed by atoms with van der Waals surface area (Å²) in [5, 5.41) is 6.32. The topological polar surface area (TPSA) is 37.4 Å². The van der Waals surface area contributed by atoms with Gasteiger partial charge in [-0.05, 0) is 29.0 Å². The molecule has 2 heterocycles. The van der Waals surface area contributed by atoms with Crippen LogP contribution in [-0.2, 0) is 24.4 Å². The Morgan fingerprint density at radius 2 is 2.30 bits per heavy atom. The molecular weight excluding hydrogens is 358 g/mol. The first kappa shape index (κ1) is 15.9. The molecular formula is C13H18BrN3OS2. The smallest absolute Gasteiger partial charge is 0.185 e. The van der Waals surface area contributed by atoms with Crippen molar-refractivity contribution in [3.63, 3.8) is 0 Å². The molecule has 4 nitrogen and oxygen atoms in total. The van der Waals surface area contributed by atoms with Crippen LogP contribution in [0, 0.1) is 0 Å². The minimum atomic E-state index is 0.561. The van der Waals surface area contributed by atoms with Crippen LogP contribution in [-0.4, -0.2) is 26.2 Å². The number of aromatic nitrogens is 1. The molecule has 2 rings (SSSR count). The van der Waals surface area contributed by atoms with Crippen molar-refractivity contribution in [2.75, 3.05) is 26.1 Å². The first-order chi connectivity index (χ1) is 9.63. The van der Waals surface area contributed by atoms with Gasteiger partial charge >= 0.3 is 0 Å². The van der Waals surface area contributed by atoms with Crippen LogP contribution in [0.2, 0.25) is 0 Å². The van der Waals surface area contributed by atoms with Crippen LogP contribution in [0.15, 0.2) is 15.9 Å². The summed E-state index contributed by atoms with van der Waals surface area (Å²) >= 11 is 6.97. The van der Waals surface area contributed by atoms with Crippen LogP contribution < -0.4 is 10.2 Å². The van der Waals surface area contributed by atoms with Gasteiger partial charge in [0.1, 0.15) is 0 Å². The highest BCUT2D eigenvalue weighted by Crippen LogP contribution is 2.29. The van der Waals surface area contributed by atoms with E-state index in [1.165, 1.54) is 9.75 Å². The molecule has 0 spiro atoms. The highest BCUT2D eigenvalue weighted by atomic mass is 79.9. The van der Waals surface area contributed by atoms with E-state index in [0.29, 0.717) is 6.61 Å². The van der Waals surface area contributed by atoms with Gasteiger partial charge in [0.2, 0.25) is 0 Å². The van der Waals surface area contributed by atoms with E-state index in [0.717, 1.165) is 28.4 Å². The second-order valence-electron chi connectivity index (χ2n) is 4.42. The van der Waals surface area contributed by atoms with E-state index >= 15 is 0 Å². The molecule has 0 bridgehead atoms. The maximum Gasteiger partial charge on any atom is 0.185 e. The standard InChI is InChI=1S/C13H18BrN3OS2/c1-15-5-12-11(7-18-3)16-13(20-12)17(2)6-10-4-9(14)8-19-10/h4,8,15H,5-7H2,1-3H3. The molecule has 7 heteroatoms. The van der Waals surface area contributed by atoms with Gasteiger partial charge in [0.25, 0.3) is 0 Å². The number of hydrogen-bond acceptors (Lipinski definition) is 6. The molecule has 20 heavy (non-hydrogen) atoms. The first-order valence-electron chi connectivity index (χ1n) is 6.20. The van der Waals surface area contributed by atoms with Crippen LogP contribution in [0.1, 0.15) is 15.4 Å². The minimum Gasteiger partial charge on any atom is -0.378 e. The second kappa shape index (κ2) is 7.51. The molecule has 0 aromatic carbocycles. The van der Waals surface area contributed by atoms with Crippen molar-refractivity contribution in [3.05, 3.63) is 31.4 Å². The second-order valence-corrected chi connectivity index (χ2v) is 7.39. The van der Waals surface area contributed by atoms with Crippen molar-refractivity contribution in [1.29, 1.82) is 0 Å². The average molecular weight is 376 g/mol. The summed E-state index contributed by atoms with van der Waals surface area (Å²) in [7, 11) is 5.73. The predicted octanol–water partition coefficient (Wildman–Crippen LogP) is 3.47. The lowest BCUT2D eigenvalue weighted by Gasteiger charge is -2.14. The lowest BCUT2D eigenvalue weighted by Crippen LogP contribution is -2.15. The molecule has 0 amide bonds. The van der Waals surface area contributed by atoms with Crippen molar-refractivity contribution in [3.8, 4) is 0 Å². The van der Waals surface area contributed by atoms with Gasteiger partial charge < -0.3 is 15.0 Å². The number of rotatable bonds is 7. The van der Waals surface area contributed by atoms with Crippen molar-refractivity contribution >= 4 is 43.7 Å². The average Bonchev–Trinajstić information content (AvgIpc) is 2.98. The van der Waals surface area contributed by atoms with Crippen molar-refractivity contribution in [2.24, 2.45) is 0 Å². The van der Waals surface area contributed by atoms with Gasteiger partial charge in [0.05, 0.1) is 18.8 Å². The van der Waals surface area contributed by atoms with E-state index in [4.69, 9.17) is 9.72 Å². The van der Waals surface area contributed by atoms with Crippen LogP contribution in [0.4, 0.5) is 5.13 Å². The molecule has 0 unspecified atom stereocenters. The normalized spacial score (nSPS) is 11.0. The Bertz CT molecular complexity index is 532. The molecule has 2 aromatic heterocycles. The Balaban J connectivity index is 2.12. The summed E-state index contributed by atoms with van der Waals surface area (Å²) in [6.45, 7) is 2.26. The lowest BCUT2D eigenvalue weighted by atomic mass is 10.4. The van der Waals surface area contributed by atoms with E-state index in [1.54, 1.807) is 29.8 Å². The Hall–Kier alpha value is -0.470. The third-order valence-corrected chi connectivity index (χ3v) is 5.62. The van der Waals surface area contributed by atoms with Gasteiger partial charge in [-0.3, -0.25) is 0 Å². The molecule has 0 saturated heterocycles. The third kappa shape index (κ3) is 4.02. The van der Waals surface area contributed by atoms with Crippen molar-refractivity contribution < 1.29 is 4.74 Å². The fourth-order valence-electron chi connectivity index (χ4n) is 1.82. The van der Waals surface area contributed by atoms with Gasteiger partial charge in [-0.2, -0.15) is 0 Å². The van der Waals surface area contributed by atoms with Crippen LogP contribution in [0.3, 0.4) is 0 Å². The number of thiazole rings is 1. The molecule has 0 radical (unpaired) electrons. The zero-order valence-corrected chi connectivity index (χ0v) is 15.0. The maximum atomic E-state index is 5.22. The predicted molar refractivity (Wildman–Crippen MR) is 89.7 cm³/mol. The van der Waals surface area contributed by atoms with Crippen LogP contribution in [0.5, 0.6) is 0 Å². The van der Waals surface area contributed by atoms with Crippen LogP contribution in [0.25, 0.3) is 0 Å². The number of hydrogen-bond donors (Lipinski definition) is 1. The minimum absolute atomic E-state index is 0.561. The zero-order chi connectivity index (χ0) is 14.5. The van der Waals surface area contributed by atoms with Crippen molar-refractivity contribution in [1.82, 2.24) is 10.3 Å². The monoisotopic (exact) mass is 375 g/mol. The number of nitrogens with zero attached hydrogens (tertiary/aromatic N) is 2. The molecule has 1 N–H and O–H groups in total. The molecule has 0 saturated carbocycles. The summed E-state index contributed by atoms with van der Waals surface area (Å²) in [4.78, 5) is 9.43. The number of thiophene rings is 1. The first-order valence-corrected chi connectivity index (χ1v) is 8.69. The lowest BCUT2D eigenvalue weighted by molar-refractivity contribution is 0.181. The molecule has 0 aliphatic carbocycles. The van der Waals surface area contributed by atoms with Gasteiger partial charge in [-0.1, -0.05) is 0 Å². The summed E-state index contributed by atoms with van der Waals surface area (Å²) < 4.78 is 6.36. The number of ether oxygens (including phenoxy) is 1. The van der Waals surface area contributed by atoms with E-state index in [-0.39, 0.29) is 0 Å². The summed E-state index contributed by atoms with van der Waals surface area (Å²) in [6.07, 6.45) is 0. The van der Waals surface area contributed by atoms with E-state index < -0.39 is 0 Å². The Morgan fingerprint density at radius 3 is 2.90 bits per heavy atom. The number of methoxy groups -OCH3 is 1. The summed E-state index contributed by atoms with van der Waals surface area (Å²) in [6, 6.07) is 2.15. The molecule has 0 atom stereocenters. The van der Waals surface area contributed by atoms with Gasteiger partial charge in [-0.25, -0.2) is 4.98 Å². The SMILES string of the molecule is CNCc1sc(N(C)Cc2cc(Br)cs2)nc1COC. The summed E-state index contributed by atoms with van der Waals surface area (Å²) in [5.41, 5.74) is 1.03. The van der Waals surface area contributed by atoms with E-state index in [9.17, 15) is 0 Å². The molecule has 2 aromatic rings. The quantitative estimate of drug-likeness (QED) is 0.803.